The molecule has 0 bridgehead atoms. The lowest BCUT2D eigenvalue weighted by Gasteiger charge is -2.23. The van der Waals surface area contributed by atoms with Gasteiger partial charge < -0.3 is 14.2 Å². The van der Waals surface area contributed by atoms with Gasteiger partial charge in [0.2, 0.25) is 0 Å². The molecule has 13 heavy (non-hydrogen) atoms. The van der Waals surface area contributed by atoms with Crippen LogP contribution in [0.3, 0.4) is 0 Å². The third kappa shape index (κ3) is 3.63. The lowest BCUT2D eigenvalue weighted by molar-refractivity contribution is -0.0682. The number of rotatable bonds is 4. The Morgan fingerprint density at radius 3 is 3.08 bits per heavy atom. The van der Waals surface area contributed by atoms with Gasteiger partial charge in [-0.05, 0) is 13.3 Å². The first-order chi connectivity index (χ1) is 6.22. The Bertz CT molecular complexity index is 169. The standard InChI is InChI=1S/C9H16O4/c1-3-7(2)12-6-8-4-5-11-9(10)13-8/h7-8H,3-6H2,1-2H3. The summed E-state index contributed by atoms with van der Waals surface area (Å²) in [5, 5.41) is 0. The molecule has 0 amide bonds. The summed E-state index contributed by atoms with van der Waals surface area (Å²) in [4.78, 5) is 10.7. The fourth-order valence-corrected chi connectivity index (χ4v) is 1.01. The summed E-state index contributed by atoms with van der Waals surface area (Å²) in [6, 6.07) is 0. The molecule has 0 N–H and O–H groups in total. The molecule has 1 saturated heterocycles. The van der Waals surface area contributed by atoms with Crippen LogP contribution in [0.4, 0.5) is 4.79 Å². The Morgan fingerprint density at radius 2 is 2.46 bits per heavy atom. The van der Waals surface area contributed by atoms with Crippen molar-refractivity contribution in [3.05, 3.63) is 0 Å². The zero-order valence-electron chi connectivity index (χ0n) is 8.12. The molecule has 1 rings (SSSR count). The molecule has 0 saturated carbocycles. The van der Waals surface area contributed by atoms with E-state index in [0.29, 0.717) is 13.2 Å². The molecule has 1 fully saturated rings. The lowest BCUT2D eigenvalue weighted by atomic mass is 10.2. The van der Waals surface area contributed by atoms with Gasteiger partial charge in [-0.25, -0.2) is 4.79 Å². The Morgan fingerprint density at radius 1 is 1.69 bits per heavy atom. The van der Waals surface area contributed by atoms with Crippen LogP contribution in [0.1, 0.15) is 26.7 Å². The van der Waals surface area contributed by atoms with E-state index in [1.54, 1.807) is 0 Å². The van der Waals surface area contributed by atoms with E-state index < -0.39 is 6.16 Å². The highest BCUT2D eigenvalue weighted by molar-refractivity contribution is 5.60. The molecule has 1 heterocycles. The van der Waals surface area contributed by atoms with E-state index in [9.17, 15) is 4.79 Å². The van der Waals surface area contributed by atoms with Crippen molar-refractivity contribution < 1.29 is 19.0 Å². The van der Waals surface area contributed by atoms with Crippen LogP contribution in [0.2, 0.25) is 0 Å². The third-order valence-electron chi connectivity index (χ3n) is 2.06. The molecule has 1 aliphatic rings. The molecule has 0 aromatic carbocycles. The average Bonchev–Trinajstić information content (AvgIpc) is 2.14. The van der Waals surface area contributed by atoms with E-state index in [2.05, 4.69) is 11.7 Å². The van der Waals surface area contributed by atoms with E-state index >= 15 is 0 Å². The van der Waals surface area contributed by atoms with Crippen molar-refractivity contribution in [1.29, 1.82) is 0 Å². The highest BCUT2D eigenvalue weighted by Gasteiger charge is 2.21. The van der Waals surface area contributed by atoms with Gasteiger partial charge in [0.25, 0.3) is 0 Å². The van der Waals surface area contributed by atoms with Crippen LogP contribution >= 0.6 is 0 Å². The van der Waals surface area contributed by atoms with Crippen LogP contribution < -0.4 is 0 Å². The molecule has 2 atom stereocenters. The van der Waals surface area contributed by atoms with Gasteiger partial charge in [-0.15, -0.1) is 0 Å². The highest BCUT2D eigenvalue weighted by atomic mass is 16.7. The van der Waals surface area contributed by atoms with Crippen LogP contribution in [0.25, 0.3) is 0 Å². The smallest absolute Gasteiger partial charge is 0.434 e. The molecule has 0 aromatic rings. The Balaban J connectivity index is 2.17. The van der Waals surface area contributed by atoms with Gasteiger partial charge in [-0.3, -0.25) is 0 Å². The number of carbonyl (C=O) groups is 1. The maximum absolute atomic E-state index is 10.7. The van der Waals surface area contributed by atoms with Crippen molar-refractivity contribution in [1.82, 2.24) is 0 Å². The lowest BCUT2D eigenvalue weighted by Crippen LogP contribution is -2.32. The van der Waals surface area contributed by atoms with E-state index in [1.165, 1.54) is 0 Å². The van der Waals surface area contributed by atoms with Gasteiger partial charge in [0.1, 0.15) is 6.10 Å². The van der Waals surface area contributed by atoms with Gasteiger partial charge in [0.15, 0.2) is 0 Å². The Hall–Kier alpha value is -0.770. The maximum Gasteiger partial charge on any atom is 0.508 e. The summed E-state index contributed by atoms with van der Waals surface area (Å²) in [5.41, 5.74) is 0. The minimum absolute atomic E-state index is 0.129. The summed E-state index contributed by atoms with van der Waals surface area (Å²) in [6.07, 6.45) is 1.21. The zero-order valence-corrected chi connectivity index (χ0v) is 8.12. The maximum atomic E-state index is 10.7. The molecule has 0 aromatic heterocycles. The molecule has 2 unspecified atom stereocenters. The summed E-state index contributed by atoms with van der Waals surface area (Å²) in [6.45, 7) is 4.97. The first kappa shape index (κ1) is 10.3. The highest BCUT2D eigenvalue weighted by Crippen LogP contribution is 2.10. The predicted octanol–water partition coefficient (Wildman–Crippen LogP) is 1.73. The van der Waals surface area contributed by atoms with Crippen molar-refractivity contribution in [2.24, 2.45) is 0 Å². The molecule has 1 aliphatic heterocycles. The number of hydrogen-bond donors (Lipinski definition) is 0. The van der Waals surface area contributed by atoms with Crippen molar-refractivity contribution in [3.63, 3.8) is 0 Å². The van der Waals surface area contributed by atoms with Crippen LogP contribution in [-0.2, 0) is 14.2 Å². The van der Waals surface area contributed by atoms with Crippen molar-refractivity contribution in [2.75, 3.05) is 13.2 Å². The van der Waals surface area contributed by atoms with Gasteiger partial charge in [-0.1, -0.05) is 6.92 Å². The fraction of sp³-hybridized carbons (Fsp3) is 0.889. The summed E-state index contributed by atoms with van der Waals surface area (Å²) in [5.74, 6) is 0. The topological polar surface area (TPSA) is 44.8 Å². The second kappa shape index (κ2) is 5.07. The van der Waals surface area contributed by atoms with E-state index in [1.807, 2.05) is 6.92 Å². The molecule has 4 heteroatoms. The van der Waals surface area contributed by atoms with Gasteiger partial charge in [-0.2, -0.15) is 0 Å². The largest absolute Gasteiger partial charge is 0.508 e. The Kier molecular flexibility index (Phi) is 4.02. The first-order valence-corrected chi connectivity index (χ1v) is 4.67. The molecule has 0 aliphatic carbocycles. The van der Waals surface area contributed by atoms with E-state index in [-0.39, 0.29) is 12.2 Å². The monoisotopic (exact) mass is 188 g/mol. The molecule has 4 nitrogen and oxygen atoms in total. The molecule has 0 spiro atoms. The SMILES string of the molecule is CCC(C)OCC1CCOC(=O)O1. The van der Waals surface area contributed by atoms with Gasteiger partial charge in [0, 0.05) is 6.42 Å². The first-order valence-electron chi connectivity index (χ1n) is 4.67. The summed E-state index contributed by atoms with van der Waals surface area (Å²) >= 11 is 0. The summed E-state index contributed by atoms with van der Waals surface area (Å²) in [7, 11) is 0. The van der Waals surface area contributed by atoms with Gasteiger partial charge in [0.05, 0.1) is 19.3 Å². The fourth-order valence-electron chi connectivity index (χ4n) is 1.01. The minimum atomic E-state index is -0.580. The molecular weight excluding hydrogens is 172 g/mol. The zero-order chi connectivity index (χ0) is 9.68. The van der Waals surface area contributed by atoms with Crippen LogP contribution in [0.5, 0.6) is 0 Å². The predicted molar refractivity (Wildman–Crippen MR) is 46.5 cm³/mol. The van der Waals surface area contributed by atoms with E-state index in [4.69, 9.17) is 9.47 Å². The average molecular weight is 188 g/mol. The third-order valence-corrected chi connectivity index (χ3v) is 2.06. The molecule has 0 radical (unpaired) electrons. The van der Waals surface area contributed by atoms with Crippen LogP contribution in [-0.4, -0.2) is 31.6 Å². The van der Waals surface area contributed by atoms with Crippen molar-refractivity contribution in [2.45, 2.75) is 38.9 Å². The normalized spacial score (nSPS) is 24.8. The summed E-state index contributed by atoms with van der Waals surface area (Å²) < 4.78 is 15.0. The van der Waals surface area contributed by atoms with Crippen LogP contribution in [0, 0.1) is 0 Å². The molecule has 76 valence electrons. The number of cyclic esters (lactones) is 2. The minimum Gasteiger partial charge on any atom is -0.434 e. The van der Waals surface area contributed by atoms with Crippen LogP contribution in [0.15, 0.2) is 0 Å². The number of hydrogen-bond acceptors (Lipinski definition) is 4. The van der Waals surface area contributed by atoms with E-state index in [0.717, 1.165) is 12.8 Å². The quantitative estimate of drug-likeness (QED) is 0.630. The second-order valence-electron chi connectivity index (χ2n) is 3.18. The van der Waals surface area contributed by atoms with Crippen molar-refractivity contribution in [3.8, 4) is 0 Å². The molecular formula is C9H16O4. The van der Waals surface area contributed by atoms with Gasteiger partial charge >= 0.3 is 6.16 Å². The second-order valence-corrected chi connectivity index (χ2v) is 3.18. The Labute approximate surface area is 78.2 Å². The van der Waals surface area contributed by atoms with Crippen molar-refractivity contribution >= 4 is 6.16 Å². The number of ether oxygens (including phenoxy) is 3. The number of carbonyl (C=O) groups excluding carboxylic acids is 1.